The molecular weight excluding hydrogens is 400 g/mol. The number of esters is 1. The second-order valence-corrected chi connectivity index (χ2v) is 8.83. The highest BCUT2D eigenvalue weighted by molar-refractivity contribution is 7.88. The number of amides is 1. The van der Waals surface area contributed by atoms with Crippen LogP contribution >= 0.6 is 0 Å². The van der Waals surface area contributed by atoms with Crippen molar-refractivity contribution in [2.24, 2.45) is 0 Å². The highest BCUT2D eigenvalue weighted by atomic mass is 32.2. The second-order valence-electron chi connectivity index (χ2n) is 6.89. The summed E-state index contributed by atoms with van der Waals surface area (Å²) in [6.45, 7) is -0.335. The number of nitrogens with one attached hydrogen (secondary N) is 1. The van der Waals surface area contributed by atoms with E-state index >= 15 is 0 Å². The van der Waals surface area contributed by atoms with Crippen molar-refractivity contribution in [1.29, 1.82) is 0 Å². The van der Waals surface area contributed by atoms with E-state index in [0.717, 1.165) is 38.4 Å². The summed E-state index contributed by atoms with van der Waals surface area (Å²) < 4.78 is 40.9. The lowest BCUT2D eigenvalue weighted by atomic mass is 9.95. The van der Waals surface area contributed by atoms with Crippen molar-refractivity contribution in [1.82, 2.24) is 4.31 Å². The molecule has 29 heavy (non-hydrogen) atoms. The van der Waals surface area contributed by atoms with Crippen molar-refractivity contribution in [3.8, 4) is 11.5 Å². The van der Waals surface area contributed by atoms with Gasteiger partial charge in [-0.1, -0.05) is 19.3 Å². The smallest absolute Gasteiger partial charge is 0.340 e. The molecule has 1 aliphatic carbocycles. The van der Waals surface area contributed by atoms with E-state index in [1.165, 1.54) is 37.8 Å². The summed E-state index contributed by atoms with van der Waals surface area (Å²) in [7, 11) is 0.499. The maximum Gasteiger partial charge on any atom is 0.340 e. The zero-order chi connectivity index (χ0) is 21.6. The Morgan fingerprint density at radius 1 is 1.07 bits per heavy atom. The molecule has 0 atom stereocenters. The van der Waals surface area contributed by atoms with Crippen molar-refractivity contribution >= 4 is 27.6 Å². The number of nitrogens with zero attached hydrogens (tertiary/aromatic N) is 1. The topological polar surface area (TPSA) is 111 Å². The lowest BCUT2D eigenvalue weighted by Crippen LogP contribution is -2.45. The molecular formula is C19H28N2O7S. The van der Waals surface area contributed by atoms with Crippen molar-refractivity contribution in [3.63, 3.8) is 0 Å². The van der Waals surface area contributed by atoms with Gasteiger partial charge in [0.1, 0.15) is 0 Å². The first-order valence-corrected chi connectivity index (χ1v) is 11.2. The quantitative estimate of drug-likeness (QED) is 0.631. The first-order valence-electron chi connectivity index (χ1n) is 9.32. The highest BCUT2D eigenvalue weighted by Crippen LogP contribution is 2.34. The van der Waals surface area contributed by atoms with Gasteiger partial charge in [-0.25, -0.2) is 13.2 Å². The van der Waals surface area contributed by atoms with Crippen LogP contribution in [-0.4, -0.2) is 64.8 Å². The number of hydrogen-bond donors (Lipinski definition) is 1. The molecule has 9 nitrogen and oxygen atoms in total. The summed E-state index contributed by atoms with van der Waals surface area (Å²) in [5.74, 6) is -0.625. The number of rotatable bonds is 8. The molecule has 1 amide bonds. The third kappa shape index (κ3) is 5.83. The summed E-state index contributed by atoms with van der Waals surface area (Å²) >= 11 is 0. The Morgan fingerprint density at radius 2 is 1.66 bits per heavy atom. The molecule has 1 aliphatic rings. The summed E-state index contributed by atoms with van der Waals surface area (Å²) in [6, 6.07) is 2.64. The molecule has 0 spiro atoms. The van der Waals surface area contributed by atoms with Crippen LogP contribution in [-0.2, 0) is 19.6 Å². The molecule has 1 aromatic carbocycles. The van der Waals surface area contributed by atoms with Crippen molar-refractivity contribution in [2.45, 2.75) is 38.1 Å². The SMILES string of the molecule is COC(=O)c1cc(OC)c(OC)cc1NC(=O)CN(C1CCCCC1)S(C)(=O)=O. The van der Waals surface area contributed by atoms with Gasteiger partial charge in [0.2, 0.25) is 15.9 Å². The maximum absolute atomic E-state index is 12.7. The monoisotopic (exact) mass is 428 g/mol. The summed E-state index contributed by atoms with van der Waals surface area (Å²) in [5, 5.41) is 2.61. The van der Waals surface area contributed by atoms with Gasteiger partial charge in [-0.05, 0) is 12.8 Å². The van der Waals surface area contributed by atoms with Gasteiger partial charge in [0.25, 0.3) is 0 Å². The number of sulfonamides is 1. The Morgan fingerprint density at radius 3 is 2.17 bits per heavy atom. The predicted molar refractivity (Wildman–Crippen MR) is 108 cm³/mol. The van der Waals surface area contributed by atoms with Crippen molar-refractivity contribution < 1.29 is 32.2 Å². The molecule has 2 rings (SSSR count). The molecule has 162 valence electrons. The van der Waals surface area contributed by atoms with Crippen LogP contribution in [0.3, 0.4) is 0 Å². The molecule has 0 saturated heterocycles. The number of ether oxygens (including phenoxy) is 3. The van der Waals surface area contributed by atoms with Crippen LogP contribution in [0.15, 0.2) is 12.1 Å². The molecule has 0 aliphatic heterocycles. The van der Waals surface area contributed by atoms with Gasteiger partial charge in [0.05, 0.1) is 45.4 Å². The molecule has 1 fully saturated rings. The van der Waals surface area contributed by atoms with Gasteiger partial charge < -0.3 is 19.5 Å². The fourth-order valence-electron chi connectivity index (χ4n) is 3.48. The van der Waals surface area contributed by atoms with Crippen molar-refractivity contribution in [3.05, 3.63) is 17.7 Å². The highest BCUT2D eigenvalue weighted by Gasteiger charge is 2.30. The minimum Gasteiger partial charge on any atom is -0.493 e. The Balaban J connectivity index is 2.28. The average molecular weight is 429 g/mol. The largest absolute Gasteiger partial charge is 0.493 e. The van der Waals surface area contributed by atoms with Crippen molar-refractivity contribution in [2.75, 3.05) is 39.4 Å². The fourth-order valence-corrected chi connectivity index (χ4v) is 4.58. The normalized spacial score (nSPS) is 15.1. The van der Waals surface area contributed by atoms with Crippen LogP contribution in [0.2, 0.25) is 0 Å². The Labute approximate surface area is 171 Å². The van der Waals surface area contributed by atoms with E-state index in [1.807, 2.05) is 0 Å². The van der Waals surface area contributed by atoms with Crippen LogP contribution in [0.1, 0.15) is 42.5 Å². The number of carbonyl (C=O) groups excluding carboxylic acids is 2. The van der Waals surface area contributed by atoms with Gasteiger partial charge in [-0.2, -0.15) is 4.31 Å². The predicted octanol–water partition coefficient (Wildman–Crippen LogP) is 2.02. The first-order chi connectivity index (χ1) is 13.7. The van der Waals surface area contributed by atoms with Crippen LogP contribution in [0.5, 0.6) is 11.5 Å². The van der Waals surface area contributed by atoms with E-state index in [4.69, 9.17) is 14.2 Å². The van der Waals surface area contributed by atoms with Gasteiger partial charge in [0, 0.05) is 18.2 Å². The third-order valence-electron chi connectivity index (χ3n) is 4.91. The van der Waals surface area contributed by atoms with E-state index in [1.54, 1.807) is 0 Å². The van der Waals surface area contributed by atoms with Crippen LogP contribution < -0.4 is 14.8 Å². The summed E-state index contributed by atoms with van der Waals surface area (Å²) in [5.41, 5.74) is 0.221. The number of anilines is 1. The summed E-state index contributed by atoms with van der Waals surface area (Å²) in [4.78, 5) is 24.8. The fraction of sp³-hybridized carbons (Fsp3) is 0.579. The zero-order valence-corrected chi connectivity index (χ0v) is 18.0. The number of methoxy groups -OCH3 is 3. The minimum absolute atomic E-state index is 0.0714. The average Bonchev–Trinajstić information content (AvgIpc) is 2.70. The van der Waals surface area contributed by atoms with Crippen LogP contribution in [0.4, 0.5) is 5.69 Å². The molecule has 0 bridgehead atoms. The lowest BCUT2D eigenvalue weighted by Gasteiger charge is -2.31. The van der Waals surface area contributed by atoms with Crippen LogP contribution in [0.25, 0.3) is 0 Å². The second kappa shape index (κ2) is 9.93. The molecule has 0 heterocycles. The molecule has 0 unspecified atom stereocenters. The van der Waals surface area contributed by atoms with E-state index in [0.29, 0.717) is 11.5 Å². The molecule has 1 saturated carbocycles. The van der Waals surface area contributed by atoms with E-state index in [2.05, 4.69) is 5.32 Å². The number of carbonyl (C=O) groups is 2. The Hall–Kier alpha value is -2.33. The first kappa shape index (κ1) is 23.0. The van der Waals surface area contributed by atoms with E-state index in [-0.39, 0.29) is 23.8 Å². The number of benzene rings is 1. The maximum atomic E-state index is 12.7. The summed E-state index contributed by atoms with van der Waals surface area (Å²) in [6.07, 6.45) is 5.48. The Bertz CT molecular complexity index is 848. The van der Waals surface area contributed by atoms with Crippen LogP contribution in [0, 0.1) is 0 Å². The third-order valence-corrected chi connectivity index (χ3v) is 6.19. The zero-order valence-electron chi connectivity index (χ0n) is 17.2. The van der Waals surface area contributed by atoms with Gasteiger partial charge in [-0.15, -0.1) is 0 Å². The molecule has 1 aromatic rings. The molecule has 0 aromatic heterocycles. The number of hydrogen-bond acceptors (Lipinski definition) is 7. The Kier molecular flexibility index (Phi) is 7.86. The minimum atomic E-state index is -3.57. The molecule has 10 heteroatoms. The van der Waals surface area contributed by atoms with E-state index in [9.17, 15) is 18.0 Å². The van der Waals surface area contributed by atoms with E-state index < -0.39 is 21.9 Å². The van der Waals surface area contributed by atoms with Gasteiger partial charge in [0.15, 0.2) is 11.5 Å². The lowest BCUT2D eigenvalue weighted by molar-refractivity contribution is -0.116. The molecule has 1 N–H and O–H groups in total. The van der Waals surface area contributed by atoms with Gasteiger partial charge >= 0.3 is 5.97 Å². The standard InChI is InChI=1S/C19H28N2O7S/c1-26-16-10-14(19(23)28-3)15(11-17(16)27-2)20-18(22)12-21(29(4,24)25)13-8-6-5-7-9-13/h10-11,13H,5-9,12H2,1-4H3,(H,20,22). The molecule has 0 radical (unpaired) electrons. The van der Waals surface area contributed by atoms with Gasteiger partial charge in [-0.3, -0.25) is 4.79 Å².